The molecule has 0 unspecified atom stereocenters. The van der Waals surface area contributed by atoms with Gasteiger partial charge in [0, 0.05) is 6.42 Å². The van der Waals surface area contributed by atoms with E-state index in [0.29, 0.717) is 6.42 Å². The second kappa shape index (κ2) is 6.14. The molecule has 0 aliphatic heterocycles. The van der Waals surface area contributed by atoms with Crippen LogP contribution >= 0.6 is 0 Å². The molecule has 0 bridgehead atoms. The van der Waals surface area contributed by atoms with Crippen molar-refractivity contribution in [2.24, 2.45) is 0 Å². The Bertz CT molecular complexity index is 296. The molecule has 0 aliphatic rings. The van der Waals surface area contributed by atoms with Gasteiger partial charge in [0.2, 0.25) is 0 Å². The van der Waals surface area contributed by atoms with Gasteiger partial charge in [-0.1, -0.05) is 36.4 Å². The smallest absolute Gasteiger partial charge is 0.120 e. The Morgan fingerprint density at radius 2 is 1.79 bits per heavy atom. The lowest BCUT2D eigenvalue weighted by Gasteiger charge is -2.00. The molecule has 0 saturated heterocycles. The maximum Gasteiger partial charge on any atom is 0.120 e. The normalized spacial score (nSPS) is 10.6. The molecular formula is C13H16O. The molecule has 0 saturated carbocycles. The van der Waals surface area contributed by atoms with Crippen molar-refractivity contribution in [1.82, 2.24) is 0 Å². The summed E-state index contributed by atoms with van der Waals surface area (Å²) in [7, 11) is 0. The Hall–Kier alpha value is -1.37. The van der Waals surface area contributed by atoms with Gasteiger partial charge in [-0.25, -0.2) is 0 Å². The summed E-state index contributed by atoms with van der Waals surface area (Å²) in [6.07, 6.45) is 7.63. The number of benzene rings is 1. The molecule has 0 atom stereocenters. The van der Waals surface area contributed by atoms with E-state index in [-0.39, 0.29) is 0 Å². The van der Waals surface area contributed by atoms with Crippen molar-refractivity contribution in [1.29, 1.82) is 0 Å². The number of carbonyl (C=O) groups is 1. The van der Waals surface area contributed by atoms with E-state index in [9.17, 15) is 4.79 Å². The van der Waals surface area contributed by atoms with Crippen molar-refractivity contribution in [3.8, 4) is 0 Å². The van der Waals surface area contributed by atoms with Crippen LogP contribution in [0.25, 0.3) is 0 Å². The second-order valence-corrected chi connectivity index (χ2v) is 3.29. The zero-order valence-electron chi connectivity index (χ0n) is 8.57. The maximum atomic E-state index is 10.2. The number of hydrogen-bond donors (Lipinski definition) is 0. The zero-order chi connectivity index (χ0) is 10.2. The molecule has 0 heterocycles. The monoisotopic (exact) mass is 188 g/mol. The molecule has 1 nitrogen and oxygen atoms in total. The second-order valence-electron chi connectivity index (χ2n) is 3.29. The fourth-order valence-corrected chi connectivity index (χ4v) is 1.32. The minimum atomic E-state index is 0.619. The minimum Gasteiger partial charge on any atom is -0.303 e. The summed E-state index contributed by atoms with van der Waals surface area (Å²) in [5, 5.41) is 0. The molecule has 0 fully saturated rings. The number of hydrogen-bond acceptors (Lipinski definition) is 1. The highest BCUT2D eigenvalue weighted by molar-refractivity contribution is 5.50. The number of aldehydes is 1. The first kappa shape index (κ1) is 10.7. The Kier molecular flexibility index (Phi) is 4.70. The van der Waals surface area contributed by atoms with Crippen LogP contribution in [0.4, 0.5) is 0 Å². The van der Waals surface area contributed by atoms with Crippen LogP contribution in [0.5, 0.6) is 0 Å². The van der Waals surface area contributed by atoms with Crippen LogP contribution in [-0.2, 0) is 17.6 Å². The lowest BCUT2D eigenvalue weighted by Crippen LogP contribution is -1.87. The van der Waals surface area contributed by atoms with Gasteiger partial charge < -0.3 is 4.79 Å². The summed E-state index contributed by atoms with van der Waals surface area (Å²) in [4.78, 5) is 10.2. The highest BCUT2D eigenvalue weighted by Crippen LogP contribution is 2.07. The molecule has 1 aromatic rings. The Morgan fingerprint density at radius 3 is 2.36 bits per heavy atom. The Balaban J connectivity index is 2.54. The molecular weight excluding hydrogens is 172 g/mol. The molecule has 1 aromatic carbocycles. The first-order valence-corrected chi connectivity index (χ1v) is 4.99. The molecule has 0 N–H and O–H groups in total. The molecule has 0 aliphatic carbocycles. The quantitative estimate of drug-likeness (QED) is 0.513. The van der Waals surface area contributed by atoms with Crippen LogP contribution in [0.2, 0.25) is 0 Å². The predicted molar refractivity (Wildman–Crippen MR) is 59.3 cm³/mol. The van der Waals surface area contributed by atoms with Gasteiger partial charge in [-0.3, -0.25) is 0 Å². The van der Waals surface area contributed by atoms with E-state index >= 15 is 0 Å². The molecule has 0 spiro atoms. The third-order valence-corrected chi connectivity index (χ3v) is 2.16. The van der Waals surface area contributed by atoms with E-state index < -0.39 is 0 Å². The van der Waals surface area contributed by atoms with Crippen molar-refractivity contribution < 1.29 is 4.79 Å². The summed E-state index contributed by atoms with van der Waals surface area (Å²) < 4.78 is 0. The number of carbonyl (C=O) groups excluding carboxylic acids is 1. The van der Waals surface area contributed by atoms with Crippen LogP contribution in [0.15, 0.2) is 36.4 Å². The highest BCUT2D eigenvalue weighted by atomic mass is 16.1. The molecule has 0 aromatic heterocycles. The van der Waals surface area contributed by atoms with E-state index in [1.165, 1.54) is 11.1 Å². The summed E-state index contributed by atoms with van der Waals surface area (Å²) in [5.74, 6) is 0. The van der Waals surface area contributed by atoms with Gasteiger partial charge >= 0.3 is 0 Å². The maximum absolute atomic E-state index is 10.2. The summed E-state index contributed by atoms with van der Waals surface area (Å²) >= 11 is 0. The van der Waals surface area contributed by atoms with Gasteiger partial charge in [0.1, 0.15) is 6.29 Å². The van der Waals surface area contributed by atoms with Gasteiger partial charge in [0.05, 0.1) is 0 Å². The van der Waals surface area contributed by atoms with E-state index in [4.69, 9.17) is 0 Å². The largest absolute Gasteiger partial charge is 0.303 e. The molecule has 1 heteroatoms. The van der Waals surface area contributed by atoms with Crippen molar-refractivity contribution >= 4 is 6.29 Å². The van der Waals surface area contributed by atoms with Crippen LogP contribution in [0.1, 0.15) is 24.5 Å². The van der Waals surface area contributed by atoms with E-state index in [2.05, 4.69) is 36.4 Å². The van der Waals surface area contributed by atoms with Gasteiger partial charge in [0.25, 0.3) is 0 Å². The third kappa shape index (κ3) is 3.56. The zero-order valence-corrected chi connectivity index (χ0v) is 8.57. The first-order valence-electron chi connectivity index (χ1n) is 4.99. The Labute approximate surface area is 85.5 Å². The molecule has 1 rings (SSSR count). The van der Waals surface area contributed by atoms with Crippen molar-refractivity contribution in [2.75, 3.05) is 0 Å². The van der Waals surface area contributed by atoms with Crippen LogP contribution < -0.4 is 0 Å². The predicted octanol–water partition coefficient (Wildman–Crippen LogP) is 2.94. The number of aryl methyl sites for hydroxylation is 1. The average Bonchev–Trinajstić information content (AvgIpc) is 2.25. The summed E-state index contributed by atoms with van der Waals surface area (Å²) in [6, 6.07) is 8.45. The topological polar surface area (TPSA) is 17.1 Å². The van der Waals surface area contributed by atoms with Gasteiger partial charge in [-0.05, 0) is 30.9 Å². The van der Waals surface area contributed by atoms with Crippen LogP contribution in [0, 0.1) is 0 Å². The van der Waals surface area contributed by atoms with Crippen LogP contribution in [0.3, 0.4) is 0 Å². The lowest BCUT2D eigenvalue weighted by molar-refractivity contribution is -0.107. The number of rotatable bonds is 5. The SMILES string of the molecule is CC=CCc1ccc(CCC=O)cc1. The average molecular weight is 188 g/mol. The Morgan fingerprint density at radius 1 is 1.14 bits per heavy atom. The standard InChI is InChI=1S/C13H16O/c1-2-3-5-12-7-9-13(10-8-12)6-4-11-14/h2-3,7-11H,4-6H2,1H3. The summed E-state index contributed by atoms with van der Waals surface area (Å²) in [5.41, 5.74) is 2.55. The fraction of sp³-hybridized carbons (Fsp3) is 0.308. The fourth-order valence-electron chi connectivity index (χ4n) is 1.32. The van der Waals surface area contributed by atoms with E-state index in [1.54, 1.807) is 0 Å². The highest BCUT2D eigenvalue weighted by Gasteiger charge is 1.93. The first-order chi connectivity index (χ1) is 6.86. The van der Waals surface area contributed by atoms with Crippen molar-refractivity contribution in [2.45, 2.75) is 26.2 Å². The molecule has 0 radical (unpaired) electrons. The van der Waals surface area contributed by atoms with E-state index in [1.807, 2.05) is 6.92 Å². The molecule has 74 valence electrons. The van der Waals surface area contributed by atoms with Gasteiger partial charge in [-0.15, -0.1) is 0 Å². The number of allylic oxidation sites excluding steroid dienone is 2. The van der Waals surface area contributed by atoms with Gasteiger partial charge in [-0.2, -0.15) is 0 Å². The molecule has 14 heavy (non-hydrogen) atoms. The lowest BCUT2D eigenvalue weighted by atomic mass is 10.1. The van der Waals surface area contributed by atoms with Gasteiger partial charge in [0.15, 0.2) is 0 Å². The van der Waals surface area contributed by atoms with Crippen molar-refractivity contribution in [3.63, 3.8) is 0 Å². The molecule has 0 amide bonds. The minimum absolute atomic E-state index is 0.619. The van der Waals surface area contributed by atoms with Crippen molar-refractivity contribution in [3.05, 3.63) is 47.5 Å². The van der Waals surface area contributed by atoms with Crippen LogP contribution in [-0.4, -0.2) is 6.29 Å². The van der Waals surface area contributed by atoms with E-state index in [0.717, 1.165) is 19.1 Å². The third-order valence-electron chi connectivity index (χ3n) is 2.16. The summed E-state index contributed by atoms with van der Waals surface area (Å²) in [6.45, 7) is 2.03.